The molecule has 0 amide bonds. The Hall–Kier alpha value is -1.80. The average molecular weight is 303 g/mol. The number of aromatic nitrogens is 1. The molecular formula is C17H25N3O2. The maximum Gasteiger partial charge on any atom is 0.271 e. The predicted molar refractivity (Wildman–Crippen MR) is 85.8 cm³/mol. The Morgan fingerprint density at radius 3 is 2.77 bits per heavy atom. The third-order valence-electron chi connectivity index (χ3n) is 4.49. The largest absolute Gasteiger partial charge is 0.494 e. The lowest BCUT2D eigenvalue weighted by Gasteiger charge is -2.31. The Bertz CT molecular complexity index is 643. The number of likely N-dealkylation sites (tertiary alicyclic amines) is 1. The zero-order chi connectivity index (χ0) is 16.3. The first-order chi connectivity index (χ1) is 10.5. The van der Waals surface area contributed by atoms with Crippen molar-refractivity contribution in [2.24, 2.45) is 5.92 Å². The van der Waals surface area contributed by atoms with Gasteiger partial charge in [0.15, 0.2) is 5.88 Å². The quantitative estimate of drug-likeness (QED) is 0.927. The fourth-order valence-electron chi connectivity index (χ4n) is 3.28. The van der Waals surface area contributed by atoms with Crippen LogP contribution in [-0.2, 0) is 13.1 Å². The third kappa shape index (κ3) is 3.17. The van der Waals surface area contributed by atoms with Crippen LogP contribution in [-0.4, -0.2) is 27.7 Å². The summed E-state index contributed by atoms with van der Waals surface area (Å²) in [6.07, 6.45) is 3.13. The zero-order valence-electron chi connectivity index (χ0n) is 13.7. The van der Waals surface area contributed by atoms with Gasteiger partial charge in [-0.2, -0.15) is 5.26 Å². The molecule has 22 heavy (non-hydrogen) atoms. The van der Waals surface area contributed by atoms with Crippen LogP contribution in [0, 0.1) is 24.2 Å². The first-order valence-electron chi connectivity index (χ1n) is 8.07. The Morgan fingerprint density at radius 1 is 1.45 bits per heavy atom. The molecule has 0 aromatic carbocycles. The molecule has 0 unspecified atom stereocenters. The van der Waals surface area contributed by atoms with E-state index in [-0.39, 0.29) is 17.0 Å². The molecule has 0 saturated carbocycles. The lowest BCUT2D eigenvalue weighted by atomic mass is 9.98. The molecule has 1 aromatic heterocycles. The molecule has 1 aromatic rings. The molecule has 0 bridgehead atoms. The molecule has 2 heterocycles. The van der Waals surface area contributed by atoms with Crippen LogP contribution >= 0.6 is 0 Å². The zero-order valence-corrected chi connectivity index (χ0v) is 13.7. The Balaban J connectivity index is 2.44. The van der Waals surface area contributed by atoms with Gasteiger partial charge in [0.05, 0.1) is 0 Å². The SMILES string of the molecule is CCCn1c(O)c(CN2CCC[C@H](C)C2)c(C)c(C#N)c1=O. The van der Waals surface area contributed by atoms with Crippen molar-refractivity contribution in [1.29, 1.82) is 5.26 Å². The van der Waals surface area contributed by atoms with Crippen molar-refractivity contribution in [3.05, 3.63) is 27.0 Å². The van der Waals surface area contributed by atoms with Crippen LogP contribution in [0.15, 0.2) is 4.79 Å². The minimum atomic E-state index is -0.380. The smallest absolute Gasteiger partial charge is 0.271 e. The molecule has 0 aliphatic carbocycles. The van der Waals surface area contributed by atoms with Gasteiger partial charge in [0.2, 0.25) is 0 Å². The van der Waals surface area contributed by atoms with Gasteiger partial charge in [0.1, 0.15) is 11.6 Å². The standard InChI is InChI=1S/C17H25N3O2/c1-4-7-20-16(21)14(9-18)13(3)15(17(20)22)11-19-8-5-6-12(2)10-19/h12,22H,4-8,10-11H2,1-3H3/t12-/m0/s1. The molecule has 2 rings (SSSR count). The minimum absolute atomic E-state index is 0.0292. The van der Waals surface area contributed by atoms with Crippen molar-refractivity contribution in [2.75, 3.05) is 13.1 Å². The highest BCUT2D eigenvalue weighted by atomic mass is 16.3. The van der Waals surface area contributed by atoms with E-state index >= 15 is 0 Å². The number of hydrogen-bond donors (Lipinski definition) is 1. The van der Waals surface area contributed by atoms with Crippen LogP contribution in [0.5, 0.6) is 5.88 Å². The number of piperidine rings is 1. The van der Waals surface area contributed by atoms with E-state index in [9.17, 15) is 15.2 Å². The number of aromatic hydroxyl groups is 1. The van der Waals surface area contributed by atoms with Crippen molar-refractivity contribution >= 4 is 0 Å². The van der Waals surface area contributed by atoms with E-state index in [4.69, 9.17) is 0 Å². The number of pyridine rings is 1. The van der Waals surface area contributed by atoms with E-state index in [1.807, 2.05) is 13.0 Å². The highest BCUT2D eigenvalue weighted by Gasteiger charge is 2.23. The van der Waals surface area contributed by atoms with Crippen molar-refractivity contribution in [3.8, 4) is 11.9 Å². The lowest BCUT2D eigenvalue weighted by molar-refractivity contribution is 0.173. The second kappa shape index (κ2) is 6.97. The maximum atomic E-state index is 12.3. The van der Waals surface area contributed by atoms with Crippen molar-refractivity contribution in [1.82, 2.24) is 9.47 Å². The molecule has 1 aliphatic heterocycles. The summed E-state index contributed by atoms with van der Waals surface area (Å²) < 4.78 is 1.34. The van der Waals surface area contributed by atoms with Crippen molar-refractivity contribution < 1.29 is 5.11 Å². The van der Waals surface area contributed by atoms with Crippen LogP contribution in [0.1, 0.15) is 49.8 Å². The highest BCUT2D eigenvalue weighted by molar-refractivity contribution is 5.45. The van der Waals surface area contributed by atoms with E-state index in [0.29, 0.717) is 24.6 Å². The van der Waals surface area contributed by atoms with Gasteiger partial charge in [0, 0.05) is 25.2 Å². The molecule has 5 heteroatoms. The molecule has 1 aliphatic rings. The highest BCUT2D eigenvalue weighted by Crippen LogP contribution is 2.26. The number of rotatable bonds is 4. The summed E-state index contributed by atoms with van der Waals surface area (Å²) in [6.45, 7) is 8.97. The van der Waals surface area contributed by atoms with E-state index in [0.717, 1.165) is 31.5 Å². The number of nitrogens with zero attached hydrogens (tertiary/aromatic N) is 3. The van der Waals surface area contributed by atoms with Gasteiger partial charge >= 0.3 is 0 Å². The van der Waals surface area contributed by atoms with Gasteiger partial charge in [-0.3, -0.25) is 14.3 Å². The molecule has 5 nitrogen and oxygen atoms in total. The Morgan fingerprint density at radius 2 is 2.18 bits per heavy atom. The van der Waals surface area contributed by atoms with Crippen LogP contribution < -0.4 is 5.56 Å². The van der Waals surface area contributed by atoms with E-state index in [2.05, 4.69) is 11.8 Å². The summed E-state index contributed by atoms with van der Waals surface area (Å²) >= 11 is 0. The summed E-state index contributed by atoms with van der Waals surface area (Å²) in [6, 6.07) is 2.01. The van der Waals surface area contributed by atoms with Gasteiger partial charge in [-0.15, -0.1) is 0 Å². The van der Waals surface area contributed by atoms with Crippen molar-refractivity contribution in [2.45, 2.75) is 53.1 Å². The van der Waals surface area contributed by atoms with E-state index < -0.39 is 0 Å². The van der Waals surface area contributed by atoms with Gasteiger partial charge in [-0.05, 0) is 44.2 Å². The van der Waals surface area contributed by atoms with E-state index in [1.165, 1.54) is 11.0 Å². The maximum absolute atomic E-state index is 12.3. The van der Waals surface area contributed by atoms with Crippen LogP contribution in [0.4, 0.5) is 0 Å². The Kier molecular flexibility index (Phi) is 5.25. The van der Waals surface area contributed by atoms with Crippen molar-refractivity contribution in [3.63, 3.8) is 0 Å². The topological polar surface area (TPSA) is 69.3 Å². The summed E-state index contributed by atoms with van der Waals surface area (Å²) in [5.74, 6) is 0.676. The summed E-state index contributed by atoms with van der Waals surface area (Å²) in [4.78, 5) is 14.6. The first-order valence-corrected chi connectivity index (χ1v) is 8.07. The van der Waals surface area contributed by atoms with Gasteiger partial charge in [-0.25, -0.2) is 0 Å². The molecule has 1 fully saturated rings. The Labute approximate surface area is 131 Å². The minimum Gasteiger partial charge on any atom is -0.494 e. The normalized spacial score (nSPS) is 19.1. The molecular weight excluding hydrogens is 278 g/mol. The van der Waals surface area contributed by atoms with Crippen LogP contribution in [0.2, 0.25) is 0 Å². The third-order valence-corrected chi connectivity index (χ3v) is 4.49. The lowest BCUT2D eigenvalue weighted by Crippen LogP contribution is -2.35. The molecule has 0 radical (unpaired) electrons. The first kappa shape index (κ1) is 16.6. The molecule has 120 valence electrons. The van der Waals surface area contributed by atoms with Gasteiger partial charge < -0.3 is 5.11 Å². The summed E-state index contributed by atoms with van der Waals surface area (Å²) in [5, 5.41) is 19.8. The van der Waals surface area contributed by atoms with Gasteiger partial charge in [0.25, 0.3) is 5.56 Å². The average Bonchev–Trinajstić information content (AvgIpc) is 2.49. The number of nitriles is 1. The predicted octanol–water partition coefficient (Wildman–Crippen LogP) is 2.38. The fourth-order valence-corrected chi connectivity index (χ4v) is 3.28. The second-order valence-corrected chi connectivity index (χ2v) is 6.35. The van der Waals surface area contributed by atoms with Gasteiger partial charge in [-0.1, -0.05) is 13.8 Å². The van der Waals surface area contributed by atoms with Crippen LogP contribution in [0.25, 0.3) is 0 Å². The monoisotopic (exact) mass is 303 g/mol. The molecule has 1 saturated heterocycles. The molecule has 1 N–H and O–H groups in total. The van der Waals surface area contributed by atoms with Crippen LogP contribution in [0.3, 0.4) is 0 Å². The molecule has 0 spiro atoms. The second-order valence-electron chi connectivity index (χ2n) is 6.35. The van der Waals surface area contributed by atoms with E-state index in [1.54, 1.807) is 6.92 Å². The molecule has 1 atom stereocenters. The fraction of sp³-hybridized carbons (Fsp3) is 0.647. The summed E-state index contributed by atoms with van der Waals surface area (Å²) in [5.41, 5.74) is 1.12. The summed E-state index contributed by atoms with van der Waals surface area (Å²) in [7, 11) is 0. The number of hydrogen-bond acceptors (Lipinski definition) is 4.